The van der Waals surface area contributed by atoms with E-state index in [9.17, 15) is 0 Å². The Bertz CT molecular complexity index is 40.3. The van der Waals surface area contributed by atoms with E-state index in [0.717, 1.165) is 6.08 Å². The Morgan fingerprint density at radius 3 is 1.62 bits per heavy atom. The van der Waals surface area contributed by atoms with Crippen molar-refractivity contribution >= 4 is 57.5 Å². The molecule has 0 aromatic heterocycles. The van der Waals surface area contributed by atoms with Gasteiger partial charge in [-0.25, -0.2) is 12.7 Å². The maximum absolute atomic E-state index is 8.93. The van der Waals surface area contributed by atoms with Crippen LogP contribution >= 0.6 is 0 Å². The molecule has 0 saturated heterocycles. The second-order valence-electron chi connectivity index (χ2n) is 0.322. The zero-order valence-electron chi connectivity index (χ0n) is 3.90. The van der Waals surface area contributed by atoms with Crippen LogP contribution in [-0.4, -0.2) is 57.5 Å². The first kappa shape index (κ1) is 32.0. The Morgan fingerprint density at radius 2 is 1.62 bits per heavy atom. The van der Waals surface area contributed by atoms with E-state index in [1.807, 2.05) is 0 Å². The molecule has 0 aromatic rings. The Hall–Kier alpha value is 2.18. The van der Waals surface area contributed by atoms with Crippen LogP contribution in [0.4, 0.5) is 0 Å². The molecule has 0 aliphatic heterocycles. The minimum Gasteiger partial charge on any atom is -0.419 e. The van der Waals surface area contributed by atoms with Crippen LogP contribution in [0.1, 0.15) is 0 Å². The maximum atomic E-state index is 8.93. The summed E-state index contributed by atoms with van der Waals surface area (Å²) in [5, 5.41) is 0. The first-order valence-electron chi connectivity index (χ1n) is 0.901. The molecule has 9 radical (unpaired) electrons. The Balaban J connectivity index is -0.00000000750. The minimum absolute atomic E-state index is 0. The number of allylic oxidation sites excluding steroid dienone is 1. The van der Waals surface area contributed by atoms with Crippen molar-refractivity contribution < 1.29 is 39.2 Å². The van der Waals surface area contributed by atoms with E-state index in [-0.39, 0.29) is 85.6 Å². The Labute approximate surface area is 108 Å². The van der Waals surface area contributed by atoms with Crippen LogP contribution in [-0.2, 0) is 39.2 Å². The molecule has 0 aliphatic carbocycles. The van der Waals surface area contributed by atoms with E-state index in [2.05, 4.69) is 6.58 Å². The second kappa shape index (κ2) is 35.1. The average Bonchev–Trinajstić information content (AvgIpc) is 1.37. The minimum atomic E-state index is 0. The maximum Gasteiger partial charge on any atom is 0 e. The topological polar surface area (TPSA) is 17.1 Å². The van der Waals surface area contributed by atoms with Gasteiger partial charge in [-0.2, -0.15) is 0 Å². The summed E-state index contributed by atoms with van der Waals surface area (Å²) in [4.78, 5) is 8.93. The van der Waals surface area contributed by atoms with Crippen LogP contribution in [0.25, 0.3) is 0 Å². The van der Waals surface area contributed by atoms with Crippen molar-refractivity contribution in [2.75, 3.05) is 0 Å². The van der Waals surface area contributed by atoms with Gasteiger partial charge >= 0.3 is 0 Å². The van der Waals surface area contributed by atoms with Crippen molar-refractivity contribution in [2.24, 2.45) is 0 Å². The normalized spacial score (nSPS) is 2.50. The van der Waals surface area contributed by atoms with E-state index >= 15 is 0 Å². The molecule has 0 spiro atoms. The predicted octanol–water partition coefficient (Wildman–Crippen LogP) is -0.485. The summed E-state index contributed by atoms with van der Waals surface area (Å²) in [5.74, 6) is 0. The summed E-state index contributed by atoms with van der Waals surface area (Å²) < 4.78 is 0. The summed E-state index contributed by atoms with van der Waals surface area (Å²) in [5.41, 5.74) is 0. The van der Waals surface area contributed by atoms with Gasteiger partial charge in [0.15, 0.2) is 0 Å². The van der Waals surface area contributed by atoms with Gasteiger partial charge in [-0.15, -0.1) is 0 Å². The molecule has 0 aliphatic rings. The molecule has 5 heteroatoms. The van der Waals surface area contributed by atoms with Gasteiger partial charge < -0.3 is 4.79 Å². The molecule has 0 atom stereocenters. The average molecular weight is 497 g/mol. The SMILES string of the molecule is C=C[C-]=O.[Cr].[Cu].[Pb].[Sn]. The van der Waals surface area contributed by atoms with Crippen molar-refractivity contribution in [3.63, 3.8) is 0 Å². The summed E-state index contributed by atoms with van der Waals surface area (Å²) in [6.07, 6.45) is 2.51. The molecule has 0 unspecified atom stereocenters. The monoisotopic (exact) mass is 498 g/mol. The molecule has 1 nitrogen and oxygen atoms in total. The van der Waals surface area contributed by atoms with Gasteiger partial charge in [-0.3, -0.25) is 0 Å². The van der Waals surface area contributed by atoms with Gasteiger partial charge in [0.1, 0.15) is 0 Å². The second-order valence-corrected chi connectivity index (χ2v) is 0.322. The van der Waals surface area contributed by atoms with Gasteiger partial charge in [0.05, 0.1) is 0 Å². The molecule has 0 bridgehead atoms. The smallest absolute Gasteiger partial charge is 0 e. The van der Waals surface area contributed by atoms with Gasteiger partial charge in [0.2, 0.25) is 0 Å². The number of hydrogen-bond acceptors (Lipinski definition) is 1. The van der Waals surface area contributed by atoms with E-state index in [1.54, 1.807) is 0 Å². The van der Waals surface area contributed by atoms with Crippen LogP contribution in [0, 0.1) is 0 Å². The van der Waals surface area contributed by atoms with Crippen molar-refractivity contribution in [3.8, 4) is 0 Å². The van der Waals surface area contributed by atoms with Crippen LogP contribution in [0.5, 0.6) is 0 Å². The van der Waals surface area contributed by atoms with Gasteiger partial charge in [-0.1, -0.05) is 0 Å². The van der Waals surface area contributed by atoms with Crippen LogP contribution in [0.15, 0.2) is 12.7 Å². The number of rotatable bonds is 1. The van der Waals surface area contributed by atoms with E-state index in [0.29, 0.717) is 0 Å². The molecule has 0 rings (SSSR count). The van der Waals surface area contributed by atoms with Crippen molar-refractivity contribution in [3.05, 3.63) is 12.7 Å². The van der Waals surface area contributed by atoms with Gasteiger partial charge in [0.25, 0.3) is 0 Å². The van der Waals surface area contributed by atoms with Crippen molar-refractivity contribution in [2.45, 2.75) is 0 Å². The third-order valence-corrected chi connectivity index (χ3v) is 0.0833. The summed E-state index contributed by atoms with van der Waals surface area (Å²) >= 11 is 0. The molecule has 0 N–H and O–H groups in total. The zero-order chi connectivity index (χ0) is 3.41. The number of hydrogen-bond donors (Lipinski definition) is 0. The van der Waals surface area contributed by atoms with Crippen LogP contribution < -0.4 is 0 Å². The molecular formula is C3H3CrCuOPbSn-. The van der Waals surface area contributed by atoms with Gasteiger partial charge in [-0.05, 0) is 6.29 Å². The Kier molecular flexibility index (Phi) is 140. The van der Waals surface area contributed by atoms with Gasteiger partial charge in [0, 0.05) is 85.6 Å². The molecule has 0 heterocycles. The molecule has 47 valence electrons. The molecule has 8 heavy (non-hydrogen) atoms. The molecule has 0 saturated carbocycles. The van der Waals surface area contributed by atoms with Crippen LogP contribution in [0.3, 0.4) is 0 Å². The quantitative estimate of drug-likeness (QED) is 0.272. The van der Waals surface area contributed by atoms with E-state index < -0.39 is 0 Å². The van der Waals surface area contributed by atoms with E-state index in [4.69, 9.17) is 4.79 Å². The molecule has 0 aromatic carbocycles. The first-order chi connectivity index (χ1) is 1.91. The molecule has 0 fully saturated rings. The van der Waals surface area contributed by atoms with E-state index in [1.165, 1.54) is 6.29 Å². The standard InChI is InChI=1S/C3H3O.Cr.Cu.Pb.Sn/c1-2-3-4;;;;/h2H,1H2;;;;/q-1;;;;. The fourth-order valence-electron chi connectivity index (χ4n) is 0. The van der Waals surface area contributed by atoms with Crippen molar-refractivity contribution in [1.29, 1.82) is 0 Å². The zero-order valence-corrected chi connectivity index (χ0v) is 12.9. The van der Waals surface area contributed by atoms with Crippen molar-refractivity contribution in [1.82, 2.24) is 0 Å². The molecular weight excluding hydrogens is 493 g/mol. The summed E-state index contributed by atoms with van der Waals surface area (Å²) in [6, 6.07) is 0. The largest absolute Gasteiger partial charge is 0.419 e. The Morgan fingerprint density at radius 1 is 1.50 bits per heavy atom. The number of carbonyl (C=O) groups excluding carboxylic acids is 1. The summed E-state index contributed by atoms with van der Waals surface area (Å²) in [6.45, 7) is 3.06. The van der Waals surface area contributed by atoms with Crippen LogP contribution in [0.2, 0.25) is 0 Å². The fraction of sp³-hybridized carbons (Fsp3) is 0. The third-order valence-electron chi connectivity index (χ3n) is 0.0833. The predicted molar refractivity (Wildman–Crippen MR) is 27.4 cm³/mol. The fourth-order valence-corrected chi connectivity index (χ4v) is 0. The molecule has 0 amide bonds. The third kappa shape index (κ3) is 41.7. The summed E-state index contributed by atoms with van der Waals surface area (Å²) in [7, 11) is 0. The first-order valence-corrected chi connectivity index (χ1v) is 0.901.